The fourth-order valence-electron chi connectivity index (χ4n) is 1.26. The Hall–Kier alpha value is -0.570. The maximum absolute atomic E-state index is 4.01. The number of thioether (sulfide) groups is 1. The molecule has 0 aromatic carbocycles. The molecule has 1 heterocycles. The van der Waals surface area contributed by atoms with Crippen LogP contribution in [0, 0.1) is 0 Å². The Morgan fingerprint density at radius 1 is 1.58 bits per heavy atom. The van der Waals surface area contributed by atoms with Gasteiger partial charge in [0.15, 0.2) is 0 Å². The molecule has 1 aliphatic heterocycles. The second kappa shape index (κ2) is 3.90. The molecule has 0 spiro atoms. The van der Waals surface area contributed by atoms with E-state index in [4.69, 9.17) is 0 Å². The normalized spacial score (nSPS) is 23.2. The molecule has 1 fully saturated rings. The van der Waals surface area contributed by atoms with E-state index in [9.17, 15) is 0 Å². The van der Waals surface area contributed by atoms with Crippen molar-refractivity contribution in [3.63, 3.8) is 0 Å². The molecule has 0 amide bonds. The highest BCUT2D eigenvalue weighted by Crippen LogP contribution is 2.21. The average molecular weight is 184 g/mol. The highest BCUT2D eigenvalue weighted by molar-refractivity contribution is 7.98. The molecule has 0 bridgehead atoms. The lowest BCUT2D eigenvalue weighted by atomic mass is 10.2. The van der Waals surface area contributed by atoms with E-state index in [1.54, 1.807) is 0 Å². The second-order valence-electron chi connectivity index (χ2n) is 2.98. The van der Waals surface area contributed by atoms with E-state index in [2.05, 4.69) is 24.7 Å². The van der Waals surface area contributed by atoms with Crippen LogP contribution >= 0.6 is 11.8 Å². The van der Waals surface area contributed by atoms with Crippen molar-refractivity contribution in [3.05, 3.63) is 24.7 Å². The van der Waals surface area contributed by atoms with Crippen LogP contribution in [0.5, 0.6) is 0 Å². The maximum Gasteiger partial charge on any atom is 0.0984 e. The first-order chi connectivity index (χ1) is 5.66. The van der Waals surface area contributed by atoms with Gasteiger partial charge in [-0.1, -0.05) is 13.2 Å². The van der Waals surface area contributed by atoms with Gasteiger partial charge in [0.2, 0.25) is 0 Å². The van der Waals surface area contributed by atoms with Crippen molar-refractivity contribution in [2.45, 2.75) is 12.5 Å². The molecule has 0 aliphatic carbocycles. The summed E-state index contributed by atoms with van der Waals surface area (Å²) >= 11 is 1.86. The first-order valence-electron chi connectivity index (χ1n) is 4.03. The van der Waals surface area contributed by atoms with Crippen LogP contribution in [0.15, 0.2) is 24.7 Å². The van der Waals surface area contributed by atoms with Gasteiger partial charge >= 0.3 is 0 Å². The lowest BCUT2D eigenvalue weighted by Gasteiger charge is -2.12. The van der Waals surface area contributed by atoms with Gasteiger partial charge < -0.3 is 10.2 Å². The van der Waals surface area contributed by atoms with Crippen molar-refractivity contribution in [1.29, 1.82) is 0 Å². The Morgan fingerprint density at radius 2 is 2.25 bits per heavy atom. The third-order valence-corrected chi connectivity index (χ3v) is 2.83. The minimum absolute atomic E-state index is 0.398. The predicted molar refractivity (Wildman–Crippen MR) is 56.0 cm³/mol. The molecule has 0 aromatic rings. The van der Waals surface area contributed by atoms with Gasteiger partial charge in [-0.3, -0.25) is 0 Å². The summed E-state index contributed by atoms with van der Waals surface area (Å²) in [6, 6.07) is 0.398. The van der Waals surface area contributed by atoms with Crippen LogP contribution < -0.4 is 5.32 Å². The predicted octanol–water partition coefficient (Wildman–Crippen LogP) is 1.63. The standard InChI is InChI=1S/C9H16N2S/c1-7-9(5-6-12-4)10-8(2)11(7)3/h9-10H,1-2,5-6H2,3-4H3. The van der Waals surface area contributed by atoms with E-state index in [0.29, 0.717) is 6.04 Å². The molecule has 1 unspecified atom stereocenters. The zero-order valence-corrected chi connectivity index (χ0v) is 8.58. The molecule has 0 saturated carbocycles. The highest BCUT2D eigenvalue weighted by atomic mass is 32.2. The number of rotatable bonds is 3. The maximum atomic E-state index is 4.01. The molecule has 1 saturated heterocycles. The van der Waals surface area contributed by atoms with Crippen LogP contribution in [-0.2, 0) is 0 Å². The molecular weight excluding hydrogens is 168 g/mol. The van der Waals surface area contributed by atoms with Crippen molar-refractivity contribution in [3.8, 4) is 0 Å². The van der Waals surface area contributed by atoms with Crippen LogP contribution in [0.3, 0.4) is 0 Å². The quantitative estimate of drug-likeness (QED) is 0.717. The van der Waals surface area contributed by atoms with Crippen LogP contribution in [-0.4, -0.2) is 30.0 Å². The molecule has 3 heteroatoms. The molecule has 12 heavy (non-hydrogen) atoms. The largest absolute Gasteiger partial charge is 0.364 e. The number of hydrogen-bond acceptors (Lipinski definition) is 3. The first-order valence-corrected chi connectivity index (χ1v) is 5.43. The average Bonchev–Trinajstić information content (AvgIpc) is 2.30. The molecule has 68 valence electrons. The van der Waals surface area contributed by atoms with Crippen molar-refractivity contribution >= 4 is 11.8 Å². The van der Waals surface area contributed by atoms with E-state index in [0.717, 1.165) is 23.7 Å². The van der Waals surface area contributed by atoms with E-state index in [1.165, 1.54) is 0 Å². The summed E-state index contributed by atoms with van der Waals surface area (Å²) in [5, 5.41) is 3.31. The summed E-state index contributed by atoms with van der Waals surface area (Å²) in [6.45, 7) is 7.90. The zero-order valence-electron chi connectivity index (χ0n) is 7.76. The first kappa shape index (κ1) is 9.52. The van der Waals surface area contributed by atoms with Crippen LogP contribution in [0.1, 0.15) is 6.42 Å². The lowest BCUT2D eigenvalue weighted by Crippen LogP contribution is -2.21. The molecule has 1 rings (SSSR count). The molecule has 1 aliphatic rings. The van der Waals surface area contributed by atoms with Crippen LogP contribution in [0.25, 0.3) is 0 Å². The van der Waals surface area contributed by atoms with Gasteiger partial charge in [-0.15, -0.1) is 0 Å². The third-order valence-electron chi connectivity index (χ3n) is 2.19. The molecular formula is C9H16N2S. The molecule has 1 N–H and O–H groups in total. The SMILES string of the molecule is C=C1NC(CCSC)C(=C)N1C. The highest BCUT2D eigenvalue weighted by Gasteiger charge is 2.24. The number of likely N-dealkylation sites (N-methyl/N-ethyl adjacent to an activating group) is 1. The van der Waals surface area contributed by atoms with Gasteiger partial charge in [-0.05, 0) is 18.4 Å². The topological polar surface area (TPSA) is 15.3 Å². The van der Waals surface area contributed by atoms with Crippen molar-refractivity contribution in [2.24, 2.45) is 0 Å². The minimum Gasteiger partial charge on any atom is -0.364 e. The summed E-state index contributed by atoms with van der Waals surface area (Å²) in [5.74, 6) is 2.13. The Labute approximate surface area is 78.7 Å². The van der Waals surface area contributed by atoms with E-state index in [-0.39, 0.29) is 0 Å². The number of nitrogens with zero attached hydrogens (tertiary/aromatic N) is 1. The fourth-order valence-corrected chi connectivity index (χ4v) is 1.73. The van der Waals surface area contributed by atoms with E-state index < -0.39 is 0 Å². The van der Waals surface area contributed by atoms with Crippen molar-refractivity contribution in [2.75, 3.05) is 19.1 Å². The third kappa shape index (κ3) is 1.78. The van der Waals surface area contributed by atoms with Gasteiger partial charge in [-0.25, -0.2) is 0 Å². The number of hydrogen-bond donors (Lipinski definition) is 1. The Bertz CT molecular complexity index is 201. The van der Waals surface area contributed by atoms with Gasteiger partial charge in [-0.2, -0.15) is 11.8 Å². The van der Waals surface area contributed by atoms with Gasteiger partial charge in [0, 0.05) is 12.7 Å². The van der Waals surface area contributed by atoms with Crippen LogP contribution in [0.4, 0.5) is 0 Å². The summed E-state index contributed by atoms with van der Waals surface area (Å²) in [7, 11) is 2.00. The van der Waals surface area contributed by atoms with Gasteiger partial charge in [0.1, 0.15) is 0 Å². The lowest BCUT2D eigenvalue weighted by molar-refractivity contribution is 0.552. The summed E-state index contributed by atoms with van der Waals surface area (Å²) in [5.41, 5.74) is 1.13. The van der Waals surface area contributed by atoms with Crippen molar-refractivity contribution in [1.82, 2.24) is 10.2 Å². The molecule has 1 atom stereocenters. The molecule has 2 nitrogen and oxygen atoms in total. The van der Waals surface area contributed by atoms with E-state index in [1.807, 2.05) is 23.7 Å². The Balaban J connectivity index is 2.47. The molecule has 0 aromatic heterocycles. The van der Waals surface area contributed by atoms with E-state index >= 15 is 0 Å². The monoisotopic (exact) mass is 184 g/mol. The van der Waals surface area contributed by atoms with Gasteiger partial charge in [0.05, 0.1) is 11.9 Å². The second-order valence-corrected chi connectivity index (χ2v) is 3.96. The zero-order chi connectivity index (χ0) is 9.14. The van der Waals surface area contributed by atoms with Crippen LogP contribution in [0.2, 0.25) is 0 Å². The number of nitrogens with one attached hydrogen (secondary N) is 1. The Morgan fingerprint density at radius 3 is 2.67 bits per heavy atom. The molecule has 0 radical (unpaired) electrons. The van der Waals surface area contributed by atoms with Crippen molar-refractivity contribution < 1.29 is 0 Å². The minimum atomic E-state index is 0.398. The Kier molecular flexibility index (Phi) is 3.09. The summed E-state index contributed by atoms with van der Waals surface area (Å²) < 4.78 is 0. The fraction of sp³-hybridized carbons (Fsp3) is 0.556. The summed E-state index contributed by atoms with van der Waals surface area (Å²) in [4.78, 5) is 2.02. The van der Waals surface area contributed by atoms with Gasteiger partial charge in [0.25, 0.3) is 0 Å². The summed E-state index contributed by atoms with van der Waals surface area (Å²) in [6.07, 6.45) is 3.25. The smallest absolute Gasteiger partial charge is 0.0984 e.